The molecule has 0 bridgehead atoms. The molecule has 0 unspecified atom stereocenters. The maximum absolute atomic E-state index is 12.1. The van der Waals surface area contributed by atoms with Crippen molar-refractivity contribution in [3.63, 3.8) is 0 Å². The van der Waals surface area contributed by atoms with Crippen LogP contribution in [0.2, 0.25) is 0 Å². The van der Waals surface area contributed by atoms with Crippen LogP contribution in [0.5, 0.6) is 0 Å². The van der Waals surface area contributed by atoms with E-state index in [1.165, 1.54) is 26.2 Å². The van der Waals surface area contributed by atoms with Gasteiger partial charge in [-0.1, -0.05) is 0 Å². The van der Waals surface area contributed by atoms with Crippen molar-refractivity contribution in [2.75, 3.05) is 45.3 Å². The molecule has 1 saturated heterocycles. The first kappa shape index (κ1) is 15.7. The number of aromatic carboxylic acids is 1. The zero-order chi connectivity index (χ0) is 15.6. The number of rotatable bonds is 4. The first-order chi connectivity index (χ1) is 9.84. The van der Waals surface area contributed by atoms with Crippen LogP contribution in [0.15, 0.2) is 23.1 Å². The largest absolute Gasteiger partial charge is 0.545 e. The third-order valence-corrected chi connectivity index (χ3v) is 5.13. The third-order valence-electron chi connectivity index (χ3n) is 3.32. The molecular formula is C13H17N2O5S-. The quantitative estimate of drug-likeness (QED) is 0.718. The van der Waals surface area contributed by atoms with Gasteiger partial charge in [0, 0.05) is 38.4 Å². The van der Waals surface area contributed by atoms with Crippen LogP contribution in [0, 0.1) is 0 Å². The number of morpholine rings is 1. The van der Waals surface area contributed by atoms with Gasteiger partial charge in [0.15, 0.2) is 0 Å². The van der Waals surface area contributed by atoms with Gasteiger partial charge in [-0.15, -0.1) is 0 Å². The molecule has 2 rings (SSSR count). The summed E-state index contributed by atoms with van der Waals surface area (Å²) in [5.41, 5.74) is 0.329. The Kier molecular flexibility index (Phi) is 4.50. The van der Waals surface area contributed by atoms with Crippen molar-refractivity contribution in [1.29, 1.82) is 0 Å². The van der Waals surface area contributed by atoms with Crippen LogP contribution in [-0.2, 0) is 14.8 Å². The van der Waals surface area contributed by atoms with E-state index in [9.17, 15) is 18.3 Å². The lowest BCUT2D eigenvalue weighted by Gasteiger charge is -2.31. The average Bonchev–Trinajstić information content (AvgIpc) is 2.47. The van der Waals surface area contributed by atoms with E-state index in [0.717, 1.165) is 10.4 Å². The Balaban J connectivity index is 2.47. The number of ether oxygens (including phenoxy) is 1. The second-order valence-electron chi connectivity index (χ2n) is 4.85. The molecule has 0 N–H and O–H groups in total. The highest BCUT2D eigenvalue weighted by atomic mass is 32.2. The molecule has 116 valence electrons. The van der Waals surface area contributed by atoms with Crippen LogP contribution in [0.3, 0.4) is 0 Å². The Morgan fingerprint density at radius 1 is 1.29 bits per heavy atom. The Bertz CT molecular complexity index is 636. The van der Waals surface area contributed by atoms with Crippen molar-refractivity contribution in [1.82, 2.24) is 4.31 Å². The van der Waals surface area contributed by atoms with Gasteiger partial charge < -0.3 is 19.5 Å². The first-order valence-electron chi connectivity index (χ1n) is 6.44. The predicted octanol–water partition coefficient (Wildman–Crippen LogP) is -0.863. The second kappa shape index (κ2) is 6.00. The molecule has 1 fully saturated rings. The molecule has 0 aromatic heterocycles. The molecule has 0 amide bonds. The van der Waals surface area contributed by atoms with Gasteiger partial charge in [-0.3, -0.25) is 0 Å². The minimum absolute atomic E-state index is 0.0660. The van der Waals surface area contributed by atoms with Crippen LogP contribution >= 0.6 is 0 Å². The summed E-state index contributed by atoms with van der Waals surface area (Å²) < 4.78 is 30.4. The molecule has 7 nitrogen and oxygen atoms in total. The minimum atomic E-state index is -3.68. The monoisotopic (exact) mass is 313 g/mol. The van der Waals surface area contributed by atoms with Crippen LogP contribution in [0.1, 0.15) is 10.4 Å². The lowest BCUT2D eigenvalue weighted by molar-refractivity contribution is -0.255. The summed E-state index contributed by atoms with van der Waals surface area (Å²) in [6.45, 7) is 2.12. The van der Waals surface area contributed by atoms with Gasteiger partial charge in [-0.2, -0.15) is 0 Å². The fourth-order valence-corrected chi connectivity index (χ4v) is 3.06. The number of hydrogen-bond donors (Lipinski definition) is 0. The predicted molar refractivity (Wildman–Crippen MR) is 74.7 cm³/mol. The van der Waals surface area contributed by atoms with Crippen molar-refractivity contribution in [2.24, 2.45) is 0 Å². The number of nitrogens with zero attached hydrogens (tertiary/aromatic N) is 2. The van der Waals surface area contributed by atoms with Crippen LogP contribution in [0.4, 0.5) is 5.69 Å². The summed E-state index contributed by atoms with van der Waals surface area (Å²) in [4.78, 5) is 13.1. The number of sulfonamides is 1. The number of carbonyl (C=O) groups excluding carboxylic acids is 1. The van der Waals surface area contributed by atoms with Crippen molar-refractivity contribution < 1.29 is 23.1 Å². The van der Waals surface area contributed by atoms with E-state index >= 15 is 0 Å². The third kappa shape index (κ3) is 3.17. The van der Waals surface area contributed by atoms with Crippen LogP contribution < -0.4 is 10.0 Å². The van der Waals surface area contributed by atoms with E-state index in [1.807, 2.05) is 4.90 Å². The lowest BCUT2D eigenvalue weighted by Crippen LogP contribution is -2.38. The van der Waals surface area contributed by atoms with E-state index in [2.05, 4.69) is 0 Å². The molecule has 21 heavy (non-hydrogen) atoms. The molecule has 0 saturated carbocycles. The van der Waals surface area contributed by atoms with Crippen LogP contribution in [-0.4, -0.2) is 59.1 Å². The molecule has 0 atom stereocenters. The number of anilines is 1. The van der Waals surface area contributed by atoms with E-state index < -0.39 is 16.0 Å². The van der Waals surface area contributed by atoms with Gasteiger partial charge >= 0.3 is 0 Å². The van der Waals surface area contributed by atoms with Gasteiger partial charge in [0.05, 0.1) is 24.1 Å². The van der Waals surface area contributed by atoms with Crippen molar-refractivity contribution >= 4 is 21.7 Å². The highest BCUT2D eigenvalue weighted by Crippen LogP contribution is 2.25. The summed E-state index contributed by atoms with van der Waals surface area (Å²) in [6.07, 6.45) is 0. The fourth-order valence-electron chi connectivity index (χ4n) is 2.13. The normalized spacial score (nSPS) is 16.2. The molecule has 0 radical (unpaired) electrons. The van der Waals surface area contributed by atoms with Gasteiger partial charge in [0.25, 0.3) is 0 Å². The highest BCUT2D eigenvalue weighted by Gasteiger charge is 2.21. The Morgan fingerprint density at radius 2 is 1.90 bits per heavy atom. The number of carbonyl (C=O) groups is 1. The van der Waals surface area contributed by atoms with E-state index in [4.69, 9.17) is 4.74 Å². The first-order valence-corrected chi connectivity index (χ1v) is 7.88. The molecule has 0 spiro atoms. The smallest absolute Gasteiger partial charge is 0.242 e. The maximum atomic E-state index is 12.1. The zero-order valence-corrected chi connectivity index (χ0v) is 12.7. The molecular weight excluding hydrogens is 296 g/mol. The van der Waals surface area contributed by atoms with E-state index in [-0.39, 0.29) is 10.5 Å². The Morgan fingerprint density at radius 3 is 2.43 bits per heavy atom. The van der Waals surface area contributed by atoms with E-state index in [0.29, 0.717) is 32.0 Å². The molecule has 1 aromatic rings. The molecule has 0 aliphatic carbocycles. The molecule has 1 aromatic carbocycles. The standard InChI is InChI=1S/C13H18N2O5S/c1-14(2)21(18,19)10-3-4-12(11(9-10)13(16)17)15-5-7-20-8-6-15/h3-4,9H,5-8H2,1-2H3,(H,16,17)/p-1. The van der Waals surface area contributed by atoms with E-state index in [1.54, 1.807) is 0 Å². The average molecular weight is 313 g/mol. The Labute approximate surface area is 123 Å². The van der Waals surface area contributed by atoms with Gasteiger partial charge in [-0.05, 0) is 18.2 Å². The summed E-state index contributed by atoms with van der Waals surface area (Å²) in [5.74, 6) is -1.40. The van der Waals surface area contributed by atoms with Crippen LogP contribution in [0.25, 0.3) is 0 Å². The fraction of sp³-hybridized carbons (Fsp3) is 0.462. The van der Waals surface area contributed by atoms with Gasteiger partial charge in [-0.25, -0.2) is 12.7 Å². The minimum Gasteiger partial charge on any atom is -0.545 e. The zero-order valence-electron chi connectivity index (χ0n) is 11.9. The number of carboxylic acids is 1. The molecule has 1 heterocycles. The van der Waals surface area contributed by atoms with Crippen molar-refractivity contribution in [2.45, 2.75) is 4.90 Å². The number of hydrogen-bond acceptors (Lipinski definition) is 6. The molecule has 1 aliphatic rings. The SMILES string of the molecule is CN(C)S(=O)(=O)c1ccc(N2CCOCC2)c(C(=O)[O-])c1. The summed E-state index contributed by atoms with van der Waals surface area (Å²) in [5, 5.41) is 11.3. The Hall–Kier alpha value is -1.64. The maximum Gasteiger partial charge on any atom is 0.242 e. The summed E-state index contributed by atoms with van der Waals surface area (Å²) in [7, 11) is -0.896. The highest BCUT2D eigenvalue weighted by molar-refractivity contribution is 7.89. The second-order valence-corrected chi connectivity index (χ2v) is 7.01. The topological polar surface area (TPSA) is 90.0 Å². The summed E-state index contributed by atoms with van der Waals surface area (Å²) >= 11 is 0. The number of benzene rings is 1. The summed E-state index contributed by atoms with van der Waals surface area (Å²) in [6, 6.07) is 4.06. The molecule has 1 aliphatic heterocycles. The van der Waals surface area contributed by atoms with Gasteiger partial charge in [0.2, 0.25) is 10.0 Å². The lowest BCUT2D eigenvalue weighted by atomic mass is 10.1. The molecule has 8 heteroatoms. The van der Waals surface area contributed by atoms with Crippen molar-refractivity contribution in [3.05, 3.63) is 23.8 Å². The number of carboxylic acid groups (broad SMARTS) is 1. The van der Waals surface area contributed by atoms with Gasteiger partial charge in [0.1, 0.15) is 0 Å². The van der Waals surface area contributed by atoms with Crippen molar-refractivity contribution in [3.8, 4) is 0 Å².